The molecule has 0 aliphatic rings. The van der Waals surface area contributed by atoms with E-state index in [-0.39, 0.29) is 11.9 Å². The lowest BCUT2D eigenvalue weighted by atomic mass is 10.1. The zero-order valence-corrected chi connectivity index (χ0v) is 15.6. The highest BCUT2D eigenvalue weighted by Crippen LogP contribution is 2.25. The van der Waals surface area contributed by atoms with Crippen LogP contribution in [0.2, 0.25) is 10.0 Å². The predicted octanol–water partition coefficient (Wildman–Crippen LogP) is 4.65. The molecule has 132 valence electrons. The number of hydrogen-bond donors (Lipinski definition) is 1. The minimum atomic E-state index is -0.366. The highest BCUT2D eigenvalue weighted by molar-refractivity contribution is 6.37. The molecule has 6 heteroatoms. The van der Waals surface area contributed by atoms with Gasteiger partial charge in [-0.25, -0.2) is 4.98 Å². The van der Waals surface area contributed by atoms with Gasteiger partial charge in [-0.05, 0) is 23.8 Å². The van der Waals surface area contributed by atoms with Gasteiger partial charge in [-0.15, -0.1) is 0 Å². The zero-order valence-electron chi connectivity index (χ0n) is 14.1. The number of rotatable bonds is 5. The SMILES string of the molecule is Cn1ccnc1C(NC(=O)/C=C/c1c(Cl)cccc1Cl)c1ccccc1. The second kappa shape index (κ2) is 8.21. The molecule has 1 unspecified atom stereocenters. The van der Waals surface area contributed by atoms with Gasteiger partial charge in [-0.1, -0.05) is 59.6 Å². The number of aryl methyl sites for hydroxylation is 1. The summed E-state index contributed by atoms with van der Waals surface area (Å²) < 4.78 is 1.88. The standard InChI is InChI=1S/C20H17Cl2N3O/c1-25-13-12-23-20(25)19(14-6-3-2-4-7-14)24-18(26)11-10-15-16(21)8-5-9-17(15)22/h2-13,19H,1H3,(H,24,26)/b11-10+. The van der Waals surface area contributed by atoms with Crippen molar-refractivity contribution in [2.75, 3.05) is 0 Å². The Balaban J connectivity index is 1.84. The van der Waals surface area contributed by atoms with E-state index in [1.165, 1.54) is 6.08 Å². The Labute approximate surface area is 162 Å². The molecule has 0 spiro atoms. The lowest BCUT2D eigenvalue weighted by molar-refractivity contribution is -0.117. The largest absolute Gasteiger partial charge is 0.339 e. The third-order valence-corrected chi connectivity index (χ3v) is 4.60. The van der Waals surface area contributed by atoms with Crippen molar-refractivity contribution >= 4 is 35.2 Å². The predicted molar refractivity (Wildman–Crippen MR) is 105 cm³/mol. The number of imidazole rings is 1. The molecular weight excluding hydrogens is 369 g/mol. The van der Waals surface area contributed by atoms with Crippen molar-refractivity contribution in [2.24, 2.45) is 7.05 Å². The third kappa shape index (κ3) is 4.15. The molecule has 26 heavy (non-hydrogen) atoms. The highest BCUT2D eigenvalue weighted by atomic mass is 35.5. The minimum absolute atomic E-state index is 0.266. The van der Waals surface area contributed by atoms with Gasteiger partial charge in [0.25, 0.3) is 0 Å². The van der Waals surface area contributed by atoms with Crippen molar-refractivity contribution in [2.45, 2.75) is 6.04 Å². The van der Waals surface area contributed by atoms with Gasteiger partial charge >= 0.3 is 0 Å². The number of hydrogen-bond acceptors (Lipinski definition) is 2. The highest BCUT2D eigenvalue weighted by Gasteiger charge is 2.19. The van der Waals surface area contributed by atoms with Crippen LogP contribution in [-0.4, -0.2) is 15.5 Å². The first-order valence-electron chi connectivity index (χ1n) is 8.01. The number of halogens is 2. The van der Waals surface area contributed by atoms with Crippen molar-refractivity contribution in [3.05, 3.63) is 94.0 Å². The van der Waals surface area contributed by atoms with Gasteiger partial charge in [-0.2, -0.15) is 0 Å². The van der Waals surface area contributed by atoms with Gasteiger partial charge in [0.1, 0.15) is 11.9 Å². The van der Waals surface area contributed by atoms with E-state index in [1.807, 2.05) is 48.1 Å². The normalized spacial score (nSPS) is 12.3. The van der Waals surface area contributed by atoms with Crippen LogP contribution in [0.4, 0.5) is 0 Å². The van der Waals surface area contributed by atoms with Crippen molar-refractivity contribution in [3.8, 4) is 0 Å². The zero-order chi connectivity index (χ0) is 18.5. The van der Waals surface area contributed by atoms with Crippen LogP contribution < -0.4 is 5.32 Å². The number of nitrogens with one attached hydrogen (secondary N) is 1. The molecule has 1 heterocycles. The fourth-order valence-electron chi connectivity index (χ4n) is 2.62. The summed E-state index contributed by atoms with van der Waals surface area (Å²) in [4.78, 5) is 16.9. The maximum atomic E-state index is 12.5. The first-order chi connectivity index (χ1) is 12.6. The lowest BCUT2D eigenvalue weighted by Gasteiger charge is -2.18. The number of benzene rings is 2. The van der Waals surface area contributed by atoms with Crippen LogP contribution in [0.15, 0.2) is 67.0 Å². The van der Waals surface area contributed by atoms with Gasteiger partial charge in [0.15, 0.2) is 0 Å². The number of nitrogens with zero attached hydrogens (tertiary/aromatic N) is 2. The van der Waals surface area contributed by atoms with Crippen molar-refractivity contribution in [3.63, 3.8) is 0 Å². The Morgan fingerprint density at radius 1 is 1.12 bits per heavy atom. The quantitative estimate of drug-likeness (QED) is 0.649. The summed E-state index contributed by atoms with van der Waals surface area (Å²) in [6.45, 7) is 0. The third-order valence-electron chi connectivity index (χ3n) is 3.94. The molecular formula is C20H17Cl2N3O. The number of carbonyl (C=O) groups excluding carboxylic acids is 1. The molecule has 1 amide bonds. The summed E-state index contributed by atoms with van der Waals surface area (Å²) in [5.74, 6) is 0.478. The number of carbonyl (C=O) groups is 1. The average molecular weight is 386 g/mol. The van der Waals surface area contributed by atoms with Crippen LogP contribution >= 0.6 is 23.2 Å². The second-order valence-corrected chi connectivity index (χ2v) is 6.53. The first-order valence-corrected chi connectivity index (χ1v) is 8.76. The van der Waals surface area contributed by atoms with Crippen LogP contribution in [0.3, 0.4) is 0 Å². The Hall–Kier alpha value is -2.56. The molecule has 0 saturated carbocycles. The fraction of sp³-hybridized carbons (Fsp3) is 0.100. The Bertz CT molecular complexity index is 915. The molecule has 0 aliphatic heterocycles. The van der Waals surface area contributed by atoms with Crippen LogP contribution in [0.5, 0.6) is 0 Å². The molecule has 1 atom stereocenters. The molecule has 0 fully saturated rings. The van der Waals surface area contributed by atoms with E-state index in [1.54, 1.807) is 30.5 Å². The molecule has 4 nitrogen and oxygen atoms in total. The van der Waals surface area contributed by atoms with E-state index in [0.717, 1.165) is 11.4 Å². The van der Waals surface area contributed by atoms with E-state index in [9.17, 15) is 4.79 Å². The topological polar surface area (TPSA) is 46.9 Å². The first kappa shape index (κ1) is 18.2. The number of aromatic nitrogens is 2. The molecule has 0 radical (unpaired) electrons. The van der Waals surface area contributed by atoms with E-state index in [0.29, 0.717) is 15.6 Å². The smallest absolute Gasteiger partial charge is 0.244 e. The molecule has 1 N–H and O–H groups in total. The van der Waals surface area contributed by atoms with Gasteiger partial charge in [0, 0.05) is 41.1 Å². The summed E-state index contributed by atoms with van der Waals surface area (Å²) in [7, 11) is 1.89. The molecule has 3 aromatic rings. The summed E-state index contributed by atoms with van der Waals surface area (Å²) >= 11 is 12.3. The average Bonchev–Trinajstić information content (AvgIpc) is 3.06. The van der Waals surface area contributed by atoms with E-state index >= 15 is 0 Å². The lowest BCUT2D eigenvalue weighted by Crippen LogP contribution is -2.29. The number of amides is 1. The van der Waals surface area contributed by atoms with E-state index in [2.05, 4.69) is 10.3 Å². The molecule has 0 aliphatic carbocycles. The summed E-state index contributed by atoms with van der Waals surface area (Å²) in [5, 5.41) is 3.97. The molecule has 0 bridgehead atoms. The maximum Gasteiger partial charge on any atom is 0.244 e. The Kier molecular flexibility index (Phi) is 5.76. The van der Waals surface area contributed by atoms with Crippen LogP contribution in [0.1, 0.15) is 23.0 Å². The molecule has 1 aromatic heterocycles. The van der Waals surface area contributed by atoms with Crippen molar-refractivity contribution in [1.29, 1.82) is 0 Å². The van der Waals surface area contributed by atoms with Crippen LogP contribution in [0.25, 0.3) is 6.08 Å². The Morgan fingerprint density at radius 2 is 1.81 bits per heavy atom. The van der Waals surface area contributed by atoms with E-state index in [4.69, 9.17) is 23.2 Å². The summed E-state index contributed by atoms with van der Waals surface area (Å²) in [5.41, 5.74) is 1.55. The molecule has 2 aromatic carbocycles. The second-order valence-electron chi connectivity index (χ2n) is 5.72. The molecule has 3 rings (SSSR count). The Morgan fingerprint density at radius 3 is 2.42 bits per heavy atom. The van der Waals surface area contributed by atoms with Gasteiger partial charge in [0.05, 0.1) is 0 Å². The van der Waals surface area contributed by atoms with Gasteiger partial charge in [0.2, 0.25) is 5.91 Å². The molecule has 0 saturated heterocycles. The monoisotopic (exact) mass is 385 g/mol. The van der Waals surface area contributed by atoms with Crippen LogP contribution in [-0.2, 0) is 11.8 Å². The van der Waals surface area contributed by atoms with Crippen molar-refractivity contribution in [1.82, 2.24) is 14.9 Å². The van der Waals surface area contributed by atoms with E-state index < -0.39 is 0 Å². The summed E-state index contributed by atoms with van der Waals surface area (Å²) in [6, 6.07) is 14.5. The van der Waals surface area contributed by atoms with Gasteiger partial charge in [-0.3, -0.25) is 4.79 Å². The van der Waals surface area contributed by atoms with Crippen LogP contribution in [0, 0.1) is 0 Å². The van der Waals surface area contributed by atoms with Gasteiger partial charge < -0.3 is 9.88 Å². The van der Waals surface area contributed by atoms with Crippen molar-refractivity contribution < 1.29 is 4.79 Å². The minimum Gasteiger partial charge on any atom is -0.339 e. The fourth-order valence-corrected chi connectivity index (χ4v) is 3.14. The maximum absolute atomic E-state index is 12.5. The summed E-state index contributed by atoms with van der Waals surface area (Å²) in [6.07, 6.45) is 6.58.